The summed E-state index contributed by atoms with van der Waals surface area (Å²) in [5.41, 5.74) is 2.34. The number of H-pyrrole nitrogens is 1. The van der Waals surface area contributed by atoms with E-state index in [1.165, 1.54) is 0 Å². The van der Waals surface area contributed by atoms with Gasteiger partial charge in [0.15, 0.2) is 6.29 Å². The van der Waals surface area contributed by atoms with Crippen molar-refractivity contribution >= 4 is 12.3 Å². The highest BCUT2D eigenvalue weighted by Crippen LogP contribution is 2.35. The van der Waals surface area contributed by atoms with Crippen LogP contribution >= 0.6 is 0 Å². The van der Waals surface area contributed by atoms with Gasteiger partial charge in [0.2, 0.25) is 0 Å². The first-order chi connectivity index (χ1) is 9.85. The Morgan fingerprint density at radius 2 is 1.76 bits per heavy atom. The summed E-state index contributed by atoms with van der Waals surface area (Å²) in [7, 11) is 0. The Labute approximate surface area is 126 Å². The average Bonchev–Trinajstić information content (AvgIpc) is 2.68. The zero-order chi connectivity index (χ0) is 15.7. The van der Waals surface area contributed by atoms with Crippen LogP contribution in [0.1, 0.15) is 65.7 Å². The second kappa shape index (κ2) is 6.04. The molecule has 1 saturated carbocycles. The van der Waals surface area contributed by atoms with E-state index in [0.717, 1.165) is 19.1 Å². The van der Waals surface area contributed by atoms with Gasteiger partial charge in [-0.2, -0.15) is 0 Å². The number of nitrogens with one attached hydrogen (secondary N) is 1. The molecule has 0 aromatic carbocycles. The van der Waals surface area contributed by atoms with Gasteiger partial charge in [-0.15, -0.1) is 0 Å². The first-order valence-electron chi connectivity index (χ1n) is 7.70. The Hall–Kier alpha value is -1.58. The topological polar surface area (TPSA) is 59.2 Å². The maximum atomic E-state index is 12.5. The third kappa shape index (κ3) is 3.04. The monoisotopic (exact) mass is 291 g/mol. The van der Waals surface area contributed by atoms with Gasteiger partial charge in [0.05, 0.1) is 11.3 Å². The van der Waals surface area contributed by atoms with E-state index in [1.807, 2.05) is 0 Å². The Kier molecular flexibility index (Phi) is 4.55. The van der Waals surface area contributed by atoms with Gasteiger partial charge < -0.3 is 9.72 Å². The van der Waals surface area contributed by atoms with Crippen LogP contribution < -0.4 is 0 Å². The van der Waals surface area contributed by atoms with Crippen LogP contribution in [0.3, 0.4) is 0 Å². The Morgan fingerprint density at radius 3 is 2.24 bits per heavy atom. The molecule has 1 fully saturated rings. The number of hydrogen-bond acceptors (Lipinski definition) is 3. The molecule has 4 heteroatoms. The van der Waals surface area contributed by atoms with Gasteiger partial charge in [0.1, 0.15) is 6.10 Å². The number of esters is 1. The van der Waals surface area contributed by atoms with E-state index in [-0.39, 0.29) is 12.1 Å². The van der Waals surface area contributed by atoms with Gasteiger partial charge in [-0.25, -0.2) is 4.79 Å². The van der Waals surface area contributed by atoms with Crippen molar-refractivity contribution in [1.29, 1.82) is 0 Å². The number of rotatable bonds is 3. The van der Waals surface area contributed by atoms with Crippen LogP contribution in [0.15, 0.2) is 0 Å². The maximum absolute atomic E-state index is 12.5. The fourth-order valence-electron chi connectivity index (χ4n) is 3.81. The van der Waals surface area contributed by atoms with E-state index < -0.39 is 0 Å². The summed E-state index contributed by atoms with van der Waals surface area (Å²) in [6, 6.07) is 0. The van der Waals surface area contributed by atoms with Crippen molar-refractivity contribution in [1.82, 2.24) is 4.98 Å². The molecule has 2 rings (SSSR count). The third-order valence-corrected chi connectivity index (χ3v) is 4.71. The van der Waals surface area contributed by atoms with Crippen LogP contribution in [-0.4, -0.2) is 23.3 Å². The van der Waals surface area contributed by atoms with Crippen molar-refractivity contribution in [3.05, 3.63) is 22.5 Å². The SMILES string of the molecule is Cc1[nH]c(C=O)c(C)c1C(=O)OC1C(C)CC(C)CC1C. The summed E-state index contributed by atoms with van der Waals surface area (Å²) < 4.78 is 5.79. The highest BCUT2D eigenvalue weighted by molar-refractivity contribution is 5.95. The summed E-state index contributed by atoms with van der Waals surface area (Å²) in [4.78, 5) is 26.4. The van der Waals surface area contributed by atoms with Gasteiger partial charge in [0, 0.05) is 5.69 Å². The fourth-order valence-corrected chi connectivity index (χ4v) is 3.81. The van der Waals surface area contributed by atoms with Crippen molar-refractivity contribution in [2.24, 2.45) is 17.8 Å². The molecule has 0 amide bonds. The zero-order valence-electron chi connectivity index (χ0n) is 13.5. The fraction of sp³-hybridized carbons (Fsp3) is 0.647. The molecule has 4 nitrogen and oxygen atoms in total. The number of aromatic amines is 1. The van der Waals surface area contributed by atoms with Crippen LogP contribution in [0.2, 0.25) is 0 Å². The van der Waals surface area contributed by atoms with E-state index in [9.17, 15) is 9.59 Å². The molecule has 116 valence electrons. The summed E-state index contributed by atoms with van der Waals surface area (Å²) in [6.07, 6.45) is 2.88. The highest BCUT2D eigenvalue weighted by Gasteiger charge is 2.35. The lowest BCUT2D eigenvalue weighted by atomic mass is 9.75. The summed E-state index contributed by atoms with van der Waals surface area (Å²) in [6.45, 7) is 10.1. The smallest absolute Gasteiger partial charge is 0.340 e. The van der Waals surface area contributed by atoms with Crippen LogP contribution in [0.4, 0.5) is 0 Å². The molecule has 0 saturated heterocycles. The number of aldehydes is 1. The van der Waals surface area contributed by atoms with Crippen molar-refractivity contribution in [2.75, 3.05) is 0 Å². The molecule has 1 aliphatic carbocycles. The number of carbonyl (C=O) groups excluding carboxylic acids is 2. The average molecular weight is 291 g/mol. The van der Waals surface area contributed by atoms with Crippen LogP contribution in [0.25, 0.3) is 0 Å². The highest BCUT2D eigenvalue weighted by atomic mass is 16.5. The van der Waals surface area contributed by atoms with E-state index in [4.69, 9.17) is 4.74 Å². The number of carbonyl (C=O) groups is 2. The van der Waals surface area contributed by atoms with Crippen molar-refractivity contribution in [3.63, 3.8) is 0 Å². The molecular weight excluding hydrogens is 266 g/mol. The largest absolute Gasteiger partial charge is 0.458 e. The van der Waals surface area contributed by atoms with E-state index in [2.05, 4.69) is 25.8 Å². The Balaban J connectivity index is 2.18. The molecule has 1 heterocycles. The van der Waals surface area contributed by atoms with Crippen molar-refractivity contribution in [2.45, 2.75) is 53.6 Å². The molecular formula is C17H25NO3. The summed E-state index contributed by atoms with van der Waals surface area (Å²) in [5, 5.41) is 0. The lowest BCUT2D eigenvalue weighted by molar-refractivity contribution is -0.0253. The number of aromatic nitrogens is 1. The van der Waals surface area contributed by atoms with Gasteiger partial charge >= 0.3 is 5.97 Å². The minimum atomic E-state index is -0.312. The zero-order valence-corrected chi connectivity index (χ0v) is 13.5. The molecule has 0 spiro atoms. The van der Waals surface area contributed by atoms with Gasteiger partial charge in [0.25, 0.3) is 0 Å². The second-order valence-corrected chi connectivity index (χ2v) is 6.68. The molecule has 1 N–H and O–H groups in total. The first kappa shape index (κ1) is 15.8. The summed E-state index contributed by atoms with van der Waals surface area (Å²) in [5.74, 6) is 1.12. The van der Waals surface area contributed by atoms with Gasteiger partial charge in [-0.3, -0.25) is 4.79 Å². The predicted molar refractivity (Wildman–Crippen MR) is 81.6 cm³/mol. The van der Waals surface area contributed by atoms with Gasteiger partial charge in [-0.05, 0) is 50.0 Å². The van der Waals surface area contributed by atoms with Crippen molar-refractivity contribution < 1.29 is 14.3 Å². The molecule has 2 atom stereocenters. The summed E-state index contributed by atoms with van der Waals surface area (Å²) >= 11 is 0. The standard InChI is InChI=1S/C17H25NO3/c1-9-6-10(2)16(11(3)7-9)21-17(20)15-12(4)14(8-19)18-13(15)5/h8-11,16,18H,6-7H2,1-5H3. The first-order valence-corrected chi connectivity index (χ1v) is 7.70. The van der Waals surface area contributed by atoms with Crippen LogP contribution in [0, 0.1) is 31.6 Å². The number of hydrogen-bond donors (Lipinski definition) is 1. The Bertz CT molecular complexity index is 534. The number of aryl methyl sites for hydroxylation is 1. The Morgan fingerprint density at radius 1 is 1.19 bits per heavy atom. The minimum Gasteiger partial charge on any atom is -0.458 e. The molecule has 2 unspecified atom stereocenters. The lowest BCUT2D eigenvalue weighted by Crippen LogP contribution is -2.37. The van der Waals surface area contributed by atoms with Crippen LogP contribution in [-0.2, 0) is 4.74 Å². The normalized spacial score (nSPS) is 29.2. The molecule has 21 heavy (non-hydrogen) atoms. The van der Waals surface area contributed by atoms with Crippen LogP contribution in [0.5, 0.6) is 0 Å². The molecule has 0 aliphatic heterocycles. The quantitative estimate of drug-likeness (QED) is 0.682. The minimum absolute atomic E-state index is 0.0397. The molecule has 1 aliphatic rings. The predicted octanol–water partition coefficient (Wildman–Crippen LogP) is 3.67. The van der Waals surface area contributed by atoms with E-state index >= 15 is 0 Å². The molecule has 0 radical (unpaired) electrons. The van der Waals surface area contributed by atoms with E-state index in [1.54, 1.807) is 13.8 Å². The maximum Gasteiger partial charge on any atom is 0.340 e. The number of ether oxygens (including phenoxy) is 1. The molecule has 0 bridgehead atoms. The second-order valence-electron chi connectivity index (χ2n) is 6.68. The third-order valence-electron chi connectivity index (χ3n) is 4.71. The molecule has 1 aromatic heterocycles. The van der Waals surface area contributed by atoms with E-state index in [0.29, 0.717) is 40.3 Å². The van der Waals surface area contributed by atoms with Gasteiger partial charge in [-0.1, -0.05) is 20.8 Å². The molecule has 1 aromatic rings. The lowest BCUT2D eigenvalue weighted by Gasteiger charge is -2.37. The van der Waals surface area contributed by atoms with Crippen molar-refractivity contribution in [3.8, 4) is 0 Å².